The number of aliphatic hydroxyl groups excluding tert-OH is 1. The highest BCUT2D eigenvalue weighted by atomic mass is 16.5. The molecule has 0 aromatic heterocycles. The molecule has 0 unspecified atom stereocenters. The minimum atomic E-state index is -0.474. The number of benzene rings is 4. The van der Waals surface area contributed by atoms with Crippen LogP contribution in [0.1, 0.15) is 30.5 Å². The summed E-state index contributed by atoms with van der Waals surface area (Å²) in [7, 11) is 0. The van der Waals surface area contributed by atoms with E-state index in [1.54, 1.807) is 13.8 Å². The van der Waals surface area contributed by atoms with Crippen molar-refractivity contribution in [3.63, 3.8) is 0 Å². The SMILES string of the molecule is C=C(C)C(=O)OCc1cc2cc(-c3ccc(-c4ccc(C)cc4COC(=O)C(=C)C)cc3)ccc2cc1OCCO. The summed E-state index contributed by atoms with van der Waals surface area (Å²) in [4.78, 5) is 23.9. The zero-order chi connectivity index (χ0) is 29.5. The molecule has 0 aliphatic carbocycles. The molecular weight excluding hydrogens is 516 g/mol. The predicted molar refractivity (Wildman–Crippen MR) is 161 cm³/mol. The lowest BCUT2D eigenvalue weighted by Crippen LogP contribution is -2.08. The number of fused-ring (bicyclic) bond motifs is 1. The van der Waals surface area contributed by atoms with Crippen molar-refractivity contribution in [2.24, 2.45) is 0 Å². The van der Waals surface area contributed by atoms with Gasteiger partial charge in [0.25, 0.3) is 0 Å². The lowest BCUT2D eigenvalue weighted by Gasteiger charge is -2.14. The number of carbonyl (C=O) groups excluding carboxylic acids is 2. The minimum Gasteiger partial charge on any atom is -0.491 e. The van der Waals surface area contributed by atoms with Gasteiger partial charge in [-0.15, -0.1) is 0 Å². The lowest BCUT2D eigenvalue weighted by molar-refractivity contribution is -0.141. The summed E-state index contributed by atoms with van der Waals surface area (Å²) >= 11 is 0. The van der Waals surface area contributed by atoms with E-state index in [-0.39, 0.29) is 26.4 Å². The maximum absolute atomic E-state index is 12.0. The summed E-state index contributed by atoms with van der Waals surface area (Å²) < 4.78 is 16.5. The zero-order valence-corrected chi connectivity index (χ0v) is 23.7. The lowest BCUT2D eigenvalue weighted by atomic mass is 9.95. The Morgan fingerprint density at radius 2 is 1.32 bits per heavy atom. The summed E-state index contributed by atoms with van der Waals surface area (Å²) in [5.41, 5.74) is 7.48. The van der Waals surface area contributed by atoms with Gasteiger partial charge in [0.2, 0.25) is 0 Å². The Labute approximate surface area is 240 Å². The van der Waals surface area contributed by atoms with E-state index in [0.29, 0.717) is 22.5 Å². The third-order valence-corrected chi connectivity index (χ3v) is 6.57. The summed E-state index contributed by atoms with van der Waals surface area (Å²) in [6.07, 6.45) is 0. The van der Waals surface area contributed by atoms with Crippen molar-refractivity contribution in [3.05, 3.63) is 114 Å². The molecule has 0 saturated carbocycles. The van der Waals surface area contributed by atoms with E-state index in [2.05, 4.69) is 43.5 Å². The first kappa shape index (κ1) is 29.3. The van der Waals surface area contributed by atoms with Crippen molar-refractivity contribution >= 4 is 22.7 Å². The van der Waals surface area contributed by atoms with Crippen LogP contribution in [0.2, 0.25) is 0 Å². The molecule has 41 heavy (non-hydrogen) atoms. The highest BCUT2D eigenvalue weighted by Crippen LogP contribution is 2.33. The summed E-state index contributed by atoms with van der Waals surface area (Å²) in [6, 6.07) is 24.3. The number of esters is 2. The topological polar surface area (TPSA) is 82.1 Å². The Kier molecular flexibility index (Phi) is 9.37. The van der Waals surface area contributed by atoms with Crippen molar-refractivity contribution in [3.8, 4) is 28.0 Å². The highest BCUT2D eigenvalue weighted by Gasteiger charge is 2.13. The molecule has 0 atom stereocenters. The van der Waals surface area contributed by atoms with Gasteiger partial charge in [-0.1, -0.05) is 73.3 Å². The minimum absolute atomic E-state index is 0.0296. The maximum Gasteiger partial charge on any atom is 0.333 e. The Balaban J connectivity index is 1.62. The van der Waals surface area contributed by atoms with Crippen molar-refractivity contribution in [1.82, 2.24) is 0 Å². The number of carbonyl (C=O) groups is 2. The second kappa shape index (κ2) is 13.1. The second-order valence-corrected chi connectivity index (χ2v) is 10.0. The van der Waals surface area contributed by atoms with Crippen LogP contribution in [0, 0.1) is 6.92 Å². The molecule has 210 valence electrons. The standard InChI is InChI=1S/C35H34O6/c1-22(2)34(37)40-20-30-16-24(5)6-13-32(30)26-9-7-25(8-10-26)27-11-12-28-19-33(39-15-14-36)31(18-29(28)17-27)21-41-35(38)23(3)4/h6-13,16-19,36H,1,3,14-15,20-21H2,2,4-5H3. The van der Waals surface area contributed by atoms with Gasteiger partial charge in [0, 0.05) is 16.7 Å². The summed E-state index contributed by atoms with van der Waals surface area (Å²) in [5, 5.41) is 11.2. The van der Waals surface area contributed by atoms with Gasteiger partial charge in [-0.05, 0) is 77.6 Å². The Hall–Kier alpha value is -4.68. The normalized spacial score (nSPS) is 10.7. The first-order chi connectivity index (χ1) is 19.7. The van der Waals surface area contributed by atoms with Crippen LogP contribution in [0.15, 0.2) is 97.1 Å². The molecule has 6 heteroatoms. The second-order valence-electron chi connectivity index (χ2n) is 10.0. The Morgan fingerprint density at radius 1 is 0.707 bits per heavy atom. The summed E-state index contributed by atoms with van der Waals surface area (Å²) in [6.45, 7) is 12.7. The molecular formula is C35H34O6. The van der Waals surface area contributed by atoms with Crippen molar-refractivity contribution in [2.75, 3.05) is 13.2 Å². The average molecular weight is 551 g/mol. The summed E-state index contributed by atoms with van der Waals surface area (Å²) in [5.74, 6) is -0.327. The molecule has 1 N–H and O–H groups in total. The number of aryl methyl sites for hydroxylation is 1. The molecule has 0 fully saturated rings. The van der Waals surface area contributed by atoms with Crippen LogP contribution in [0.5, 0.6) is 5.75 Å². The quantitative estimate of drug-likeness (QED) is 0.159. The third kappa shape index (κ3) is 7.29. The molecule has 0 heterocycles. The van der Waals surface area contributed by atoms with Crippen molar-refractivity contribution in [2.45, 2.75) is 34.0 Å². The third-order valence-electron chi connectivity index (χ3n) is 6.57. The van der Waals surface area contributed by atoms with E-state index >= 15 is 0 Å². The average Bonchev–Trinajstić information content (AvgIpc) is 2.97. The van der Waals surface area contributed by atoms with E-state index in [1.165, 1.54) is 0 Å². The monoisotopic (exact) mass is 550 g/mol. The molecule has 0 saturated heterocycles. The molecule has 6 nitrogen and oxygen atoms in total. The molecule has 0 aliphatic heterocycles. The van der Waals surface area contributed by atoms with Crippen LogP contribution < -0.4 is 4.74 Å². The van der Waals surface area contributed by atoms with E-state index in [4.69, 9.17) is 14.2 Å². The van der Waals surface area contributed by atoms with E-state index < -0.39 is 11.9 Å². The largest absolute Gasteiger partial charge is 0.491 e. The van der Waals surface area contributed by atoms with Crippen LogP contribution >= 0.6 is 0 Å². The molecule has 0 spiro atoms. The molecule has 0 aliphatic rings. The molecule has 4 aromatic rings. The highest BCUT2D eigenvalue weighted by molar-refractivity contribution is 5.90. The first-order valence-electron chi connectivity index (χ1n) is 13.3. The van der Waals surface area contributed by atoms with Crippen LogP contribution in [0.25, 0.3) is 33.0 Å². The van der Waals surface area contributed by atoms with Crippen LogP contribution in [0.3, 0.4) is 0 Å². The van der Waals surface area contributed by atoms with E-state index in [9.17, 15) is 14.7 Å². The van der Waals surface area contributed by atoms with Gasteiger partial charge in [0.15, 0.2) is 0 Å². The molecule has 4 rings (SSSR count). The fourth-order valence-corrected chi connectivity index (χ4v) is 4.41. The maximum atomic E-state index is 12.0. The fourth-order valence-electron chi connectivity index (χ4n) is 4.41. The molecule has 0 radical (unpaired) electrons. The Morgan fingerprint density at radius 3 is 1.95 bits per heavy atom. The van der Waals surface area contributed by atoms with Crippen LogP contribution in [0.4, 0.5) is 0 Å². The van der Waals surface area contributed by atoms with Gasteiger partial charge in [0.05, 0.1) is 6.61 Å². The van der Waals surface area contributed by atoms with Gasteiger partial charge in [-0.25, -0.2) is 9.59 Å². The smallest absolute Gasteiger partial charge is 0.333 e. The van der Waals surface area contributed by atoms with Crippen LogP contribution in [-0.4, -0.2) is 30.3 Å². The molecule has 0 amide bonds. The number of ether oxygens (including phenoxy) is 3. The Bertz CT molecular complexity index is 1610. The molecule has 4 aromatic carbocycles. The number of hydrogen-bond donors (Lipinski definition) is 1. The number of aliphatic hydroxyl groups is 1. The van der Waals surface area contributed by atoms with E-state index in [1.807, 2.05) is 49.4 Å². The first-order valence-corrected chi connectivity index (χ1v) is 13.3. The predicted octanol–water partition coefficient (Wildman–Crippen LogP) is 7.09. The zero-order valence-electron chi connectivity index (χ0n) is 23.7. The van der Waals surface area contributed by atoms with Crippen molar-refractivity contribution in [1.29, 1.82) is 0 Å². The van der Waals surface area contributed by atoms with Gasteiger partial charge in [-0.3, -0.25) is 0 Å². The number of rotatable bonds is 11. The fraction of sp³-hybridized carbons (Fsp3) is 0.200. The van der Waals surface area contributed by atoms with E-state index in [0.717, 1.165) is 44.2 Å². The van der Waals surface area contributed by atoms with Crippen LogP contribution in [-0.2, 0) is 32.3 Å². The number of hydrogen-bond acceptors (Lipinski definition) is 6. The van der Waals surface area contributed by atoms with Gasteiger partial charge in [-0.2, -0.15) is 0 Å². The van der Waals surface area contributed by atoms with Crippen molar-refractivity contribution < 1.29 is 28.9 Å². The molecule has 0 bridgehead atoms. The van der Waals surface area contributed by atoms with Gasteiger partial charge >= 0.3 is 11.9 Å². The van der Waals surface area contributed by atoms with Gasteiger partial charge < -0.3 is 19.3 Å². The van der Waals surface area contributed by atoms with Gasteiger partial charge in [0.1, 0.15) is 25.6 Å².